The molecule has 0 aliphatic carbocycles. The van der Waals surface area contributed by atoms with Crippen molar-refractivity contribution in [1.29, 1.82) is 0 Å². The Morgan fingerprint density at radius 1 is 1.20 bits per heavy atom. The van der Waals surface area contributed by atoms with E-state index in [1.807, 2.05) is 0 Å². The molecule has 0 aliphatic heterocycles. The van der Waals surface area contributed by atoms with Crippen LogP contribution in [0.25, 0.3) is 0 Å². The van der Waals surface area contributed by atoms with Gasteiger partial charge in [-0.2, -0.15) is 0 Å². The molecule has 0 N–H and O–H groups in total. The predicted molar refractivity (Wildman–Crippen MR) is 19.8 cm³/mol. The van der Waals surface area contributed by atoms with E-state index in [0.29, 0.717) is 0 Å². The summed E-state index contributed by atoms with van der Waals surface area (Å²) in [7, 11) is 3.31. The molecule has 0 atom stereocenters. The van der Waals surface area contributed by atoms with Crippen LogP contribution in [0.15, 0.2) is 0 Å². The number of rotatable bonds is 2. The van der Waals surface area contributed by atoms with Crippen LogP contribution >= 0.6 is 0 Å². The quantitative estimate of drug-likeness (QED) is 0.553. The van der Waals surface area contributed by atoms with Crippen molar-refractivity contribution in [2.24, 2.45) is 0 Å². The first-order chi connectivity index (χ1) is 2.41. The summed E-state index contributed by atoms with van der Waals surface area (Å²) in [5, 5.41) is 0. The van der Waals surface area contributed by atoms with Crippen LogP contribution in [-0.2, 0) is 6.03 Å². The van der Waals surface area contributed by atoms with Gasteiger partial charge in [-0.05, 0) is 0 Å². The normalized spacial score (nSPS) is 8.40. The van der Waals surface area contributed by atoms with Gasteiger partial charge in [0.1, 0.15) is 0 Å². The minimum atomic E-state index is -0.644. The fraction of sp³-hybridized carbons (Fsp3) is 1.00. The van der Waals surface area contributed by atoms with Crippen molar-refractivity contribution in [1.82, 2.24) is 0 Å². The van der Waals surface area contributed by atoms with E-state index >= 15 is 0 Å². The number of hydrogen-bond acceptors (Lipinski definition) is 2. The zero-order valence-corrected chi connectivity index (χ0v) is 5.82. The van der Waals surface area contributed by atoms with E-state index in [1.165, 1.54) is 0 Å². The summed E-state index contributed by atoms with van der Waals surface area (Å²) >= 11 is -0.644. The molecule has 1 radical (unpaired) electrons. The van der Waals surface area contributed by atoms with Gasteiger partial charge in [-0.1, -0.05) is 0 Å². The van der Waals surface area contributed by atoms with Gasteiger partial charge in [0.2, 0.25) is 0 Å². The van der Waals surface area contributed by atoms with Gasteiger partial charge in [-0.25, -0.2) is 0 Å². The number of hydrogen-bond donors (Lipinski definition) is 0. The summed E-state index contributed by atoms with van der Waals surface area (Å²) in [6.07, 6.45) is 0. The van der Waals surface area contributed by atoms with Gasteiger partial charge in [0.15, 0.2) is 0 Å². The Morgan fingerprint density at radius 2 is 1.60 bits per heavy atom. The Hall–Kier alpha value is 0.738. The molecule has 0 unspecified atom stereocenters. The van der Waals surface area contributed by atoms with Crippen LogP contribution in [0.2, 0.25) is 0 Å². The summed E-state index contributed by atoms with van der Waals surface area (Å²) in [5.41, 5.74) is 0. The Kier molecular flexibility index (Phi) is 5.44. The van der Waals surface area contributed by atoms with Gasteiger partial charge in [-0.15, -0.1) is 0 Å². The Bertz CT molecular complexity index is 15.1. The zero-order valence-electron chi connectivity index (χ0n) is 3.26. The molecule has 0 rings (SSSR count). The second-order valence-corrected chi connectivity index (χ2v) is 2.95. The van der Waals surface area contributed by atoms with Crippen molar-refractivity contribution in [2.45, 2.75) is 0 Å². The second kappa shape index (κ2) is 4.74. The van der Waals surface area contributed by atoms with E-state index < -0.39 is 22.5 Å². The Labute approximate surface area is 43.1 Å². The maximum absolute atomic E-state index is 4.62. The monoisotopic (exact) mass is 183 g/mol. The molecule has 0 aromatic heterocycles. The molecule has 0 spiro atoms. The van der Waals surface area contributed by atoms with E-state index in [0.717, 1.165) is 0 Å². The van der Waals surface area contributed by atoms with Crippen molar-refractivity contribution in [3.8, 4) is 0 Å². The van der Waals surface area contributed by atoms with Crippen molar-refractivity contribution in [3.63, 3.8) is 0 Å². The molecular weight excluding hydrogens is 178 g/mol. The van der Waals surface area contributed by atoms with Crippen molar-refractivity contribution in [2.75, 3.05) is 14.2 Å². The first kappa shape index (κ1) is 5.74. The van der Waals surface area contributed by atoms with Gasteiger partial charge >= 0.3 is 42.7 Å². The molecule has 0 amide bonds. The molecule has 31 valence electrons. The topological polar surface area (TPSA) is 18.5 Å². The second-order valence-electron chi connectivity index (χ2n) is 0.440. The van der Waals surface area contributed by atoms with E-state index in [-0.39, 0.29) is 0 Å². The average molecular weight is 184 g/mol. The molecule has 0 aliphatic rings. The van der Waals surface area contributed by atoms with Gasteiger partial charge in [0, 0.05) is 0 Å². The Morgan fingerprint density at radius 3 is 1.60 bits per heavy atom. The minimum absolute atomic E-state index is 0.644. The molecule has 0 aromatic rings. The zero-order chi connectivity index (χ0) is 4.12. The molecule has 0 fully saturated rings. The molecule has 0 saturated carbocycles. The van der Waals surface area contributed by atoms with Gasteiger partial charge in [0.25, 0.3) is 0 Å². The molecule has 0 aromatic carbocycles. The average Bonchev–Trinajstić information content (AvgIpc) is 1.41. The summed E-state index contributed by atoms with van der Waals surface area (Å²) in [6.45, 7) is 0. The van der Waals surface area contributed by atoms with Crippen LogP contribution in [0.4, 0.5) is 0 Å². The first-order valence-corrected chi connectivity index (χ1v) is 3.27. The molecule has 0 bridgehead atoms. The van der Waals surface area contributed by atoms with Crippen molar-refractivity contribution >= 4 is 22.5 Å². The van der Waals surface area contributed by atoms with Crippen LogP contribution in [0, 0.1) is 0 Å². The Balaban J connectivity index is 2.19. The summed E-state index contributed by atoms with van der Waals surface area (Å²) < 4.78 is 9.24. The maximum atomic E-state index is 4.62. The van der Waals surface area contributed by atoms with Crippen LogP contribution < -0.4 is 0 Å². The molecule has 0 saturated heterocycles. The van der Waals surface area contributed by atoms with Crippen LogP contribution in [0.1, 0.15) is 0 Å². The molecule has 5 heavy (non-hydrogen) atoms. The van der Waals surface area contributed by atoms with Gasteiger partial charge < -0.3 is 0 Å². The van der Waals surface area contributed by atoms with Crippen LogP contribution in [0.3, 0.4) is 0 Å². The van der Waals surface area contributed by atoms with E-state index in [2.05, 4.69) is 6.03 Å². The summed E-state index contributed by atoms with van der Waals surface area (Å²) in [6, 6.07) is 0. The third-order valence-electron chi connectivity index (χ3n) is 0.149. The summed E-state index contributed by atoms with van der Waals surface area (Å²) in [4.78, 5) is 0. The van der Waals surface area contributed by atoms with Gasteiger partial charge in [-0.3, -0.25) is 0 Å². The summed E-state index contributed by atoms with van der Waals surface area (Å²) in [5.74, 6) is 0. The van der Waals surface area contributed by atoms with Crippen molar-refractivity contribution < 1.29 is 6.03 Å². The van der Waals surface area contributed by atoms with Crippen LogP contribution in [-0.4, -0.2) is 36.7 Å². The third-order valence-corrected chi connectivity index (χ3v) is 1.00. The molecule has 3 heteroatoms. The molecular formula is C2H6O2Sb. The predicted octanol–water partition coefficient (Wildman–Crippen LogP) is -0.187. The first-order valence-electron chi connectivity index (χ1n) is 1.18. The standard InChI is InChI=1S/2CH3O.Sb/c2*1-2;/h2*1H3;/q2*-1;+2. The fourth-order valence-corrected chi connectivity index (χ4v) is 0.500. The third kappa shape index (κ3) is 4.74. The van der Waals surface area contributed by atoms with Gasteiger partial charge in [0.05, 0.1) is 0 Å². The molecule has 0 heterocycles. The van der Waals surface area contributed by atoms with E-state index in [4.69, 9.17) is 0 Å². The molecule has 2 nitrogen and oxygen atoms in total. The van der Waals surface area contributed by atoms with Crippen LogP contribution in [0.5, 0.6) is 0 Å². The van der Waals surface area contributed by atoms with E-state index in [1.54, 1.807) is 14.2 Å². The SMILES string of the molecule is C[O][Sb][O]C. The van der Waals surface area contributed by atoms with Crippen molar-refractivity contribution in [3.05, 3.63) is 0 Å². The fourth-order valence-electron chi connectivity index (χ4n) is 0.0745. The van der Waals surface area contributed by atoms with E-state index in [9.17, 15) is 0 Å².